The minimum atomic E-state index is -0.295. The number of hydrogen-bond donors (Lipinski definition) is 1. The summed E-state index contributed by atoms with van der Waals surface area (Å²) < 4.78 is 15.8. The number of nitrogens with zero attached hydrogens (tertiary/aromatic N) is 3. The van der Waals surface area contributed by atoms with Crippen LogP contribution in [0, 0.1) is 5.82 Å². The summed E-state index contributed by atoms with van der Waals surface area (Å²) in [4.78, 5) is 6.67. The molecule has 4 nitrogen and oxygen atoms in total. The molecule has 5 heteroatoms. The minimum Gasteiger partial charge on any atom is -0.369 e. The van der Waals surface area contributed by atoms with E-state index in [9.17, 15) is 4.39 Å². The second kappa shape index (κ2) is 5.40. The molecule has 0 aliphatic carbocycles. The van der Waals surface area contributed by atoms with Gasteiger partial charge in [-0.2, -0.15) is 0 Å². The first-order valence-corrected chi connectivity index (χ1v) is 7.35. The first kappa shape index (κ1) is 13.4. The Balaban J connectivity index is 1.88. The molecule has 2 N–H and O–H groups in total. The van der Waals surface area contributed by atoms with Crippen LogP contribution in [-0.2, 0) is 0 Å². The van der Waals surface area contributed by atoms with Crippen molar-refractivity contribution in [3.05, 3.63) is 24.0 Å². The quantitative estimate of drug-likeness (QED) is 0.937. The fourth-order valence-corrected chi connectivity index (χ4v) is 3.20. The Morgan fingerprint density at radius 3 is 2.80 bits per heavy atom. The zero-order valence-electron chi connectivity index (χ0n) is 11.8. The molecule has 1 aromatic carbocycles. The number of likely N-dealkylation sites (tertiary alicyclic amines) is 1. The van der Waals surface area contributed by atoms with Gasteiger partial charge in [0.25, 0.3) is 0 Å². The first-order valence-electron chi connectivity index (χ1n) is 7.35. The zero-order valence-corrected chi connectivity index (χ0v) is 11.8. The molecule has 1 fully saturated rings. The summed E-state index contributed by atoms with van der Waals surface area (Å²) >= 11 is 0. The summed E-state index contributed by atoms with van der Waals surface area (Å²) in [5, 5.41) is 0. The van der Waals surface area contributed by atoms with Crippen LogP contribution in [0.25, 0.3) is 11.0 Å². The zero-order chi connectivity index (χ0) is 14.1. The Morgan fingerprint density at radius 2 is 2.10 bits per heavy atom. The highest BCUT2D eigenvalue weighted by atomic mass is 19.1. The average molecular weight is 276 g/mol. The van der Waals surface area contributed by atoms with Crippen molar-refractivity contribution < 1.29 is 4.39 Å². The smallest absolute Gasteiger partial charge is 0.201 e. The van der Waals surface area contributed by atoms with Gasteiger partial charge in [-0.1, -0.05) is 13.0 Å². The fraction of sp³-hybridized carbons (Fsp3) is 0.533. The maximum atomic E-state index is 13.8. The molecule has 0 amide bonds. The highest BCUT2D eigenvalue weighted by molar-refractivity contribution is 5.79. The summed E-state index contributed by atoms with van der Waals surface area (Å²) in [5.74, 6) is 0.135. The van der Waals surface area contributed by atoms with Gasteiger partial charge in [-0.05, 0) is 37.9 Å². The van der Waals surface area contributed by atoms with Crippen molar-refractivity contribution in [2.45, 2.75) is 32.2 Å². The van der Waals surface area contributed by atoms with Gasteiger partial charge < -0.3 is 15.2 Å². The van der Waals surface area contributed by atoms with E-state index in [2.05, 4.69) is 16.8 Å². The van der Waals surface area contributed by atoms with Crippen LogP contribution in [0.3, 0.4) is 0 Å². The molecule has 1 aromatic heterocycles. The van der Waals surface area contributed by atoms with Gasteiger partial charge >= 0.3 is 0 Å². The van der Waals surface area contributed by atoms with E-state index < -0.39 is 0 Å². The number of imidazole rings is 1. The Hall–Kier alpha value is -1.62. The van der Waals surface area contributed by atoms with E-state index in [1.54, 1.807) is 6.07 Å². The third-order valence-corrected chi connectivity index (χ3v) is 4.16. The number of nitrogen functional groups attached to an aromatic ring is 1. The van der Waals surface area contributed by atoms with E-state index in [0.717, 1.165) is 38.0 Å². The highest BCUT2D eigenvalue weighted by Gasteiger charge is 2.24. The van der Waals surface area contributed by atoms with Crippen molar-refractivity contribution in [1.82, 2.24) is 14.5 Å². The lowest BCUT2D eigenvalue weighted by molar-refractivity contribution is 0.189. The lowest BCUT2D eigenvalue weighted by Crippen LogP contribution is -2.35. The summed E-state index contributed by atoms with van der Waals surface area (Å²) in [6.45, 7) is 5.51. The van der Waals surface area contributed by atoms with Gasteiger partial charge in [-0.15, -0.1) is 0 Å². The van der Waals surface area contributed by atoms with Gasteiger partial charge in [0.2, 0.25) is 5.95 Å². The second-order valence-electron chi connectivity index (χ2n) is 5.52. The molecule has 20 heavy (non-hydrogen) atoms. The molecule has 0 radical (unpaired) electrons. The molecule has 0 atom stereocenters. The predicted molar refractivity (Wildman–Crippen MR) is 79.1 cm³/mol. The van der Waals surface area contributed by atoms with Crippen LogP contribution in [0.5, 0.6) is 0 Å². The monoisotopic (exact) mass is 276 g/mol. The topological polar surface area (TPSA) is 47.1 Å². The van der Waals surface area contributed by atoms with Gasteiger partial charge in [0, 0.05) is 19.1 Å². The molecular formula is C15H21FN4. The average Bonchev–Trinajstić information content (AvgIpc) is 2.78. The second-order valence-corrected chi connectivity index (χ2v) is 5.52. The standard InChI is InChI=1S/C15H21FN4/c1-2-8-19-9-6-11(7-10-19)20-13-5-3-4-12(16)14(13)18-15(20)17/h3-5,11H,2,6-10H2,1H3,(H2,17,18). The number of rotatable bonds is 3. The molecule has 0 bridgehead atoms. The largest absolute Gasteiger partial charge is 0.369 e. The molecule has 0 unspecified atom stereocenters. The van der Waals surface area contributed by atoms with Crippen LogP contribution in [0.1, 0.15) is 32.2 Å². The van der Waals surface area contributed by atoms with Crippen molar-refractivity contribution in [2.75, 3.05) is 25.4 Å². The number of benzene rings is 1. The summed E-state index contributed by atoms with van der Waals surface area (Å²) in [6, 6.07) is 5.39. The lowest BCUT2D eigenvalue weighted by atomic mass is 10.0. The summed E-state index contributed by atoms with van der Waals surface area (Å²) in [7, 11) is 0. The van der Waals surface area contributed by atoms with Gasteiger partial charge in [0.15, 0.2) is 5.82 Å². The molecule has 2 heterocycles. The van der Waals surface area contributed by atoms with E-state index >= 15 is 0 Å². The van der Waals surface area contributed by atoms with Gasteiger partial charge in [0.1, 0.15) is 5.52 Å². The molecule has 0 saturated carbocycles. The van der Waals surface area contributed by atoms with Crippen molar-refractivity contribution >= 4 is 17.0 Å². The van der Waals surface area contributed by atoms with Crippen molar-refractivity contribution in [2.24, 2.45) is 0 Å². The van der Waals surface area contributed by atoms with E-state index in [1.807, 2.05) is 10.6 Å². The van der Waals surface area contributed by atoms with Crippen LogP contribution >= 0.6 is 0 Å². The maximum absolute atomic E-state index is 13.8. The van der Waals surface area contributed by atoms with Crippen LogP contribution in [0.2, 0.25) is 0 Å². The maximum Gasteiger partial charge on any atom is 0.201 e. The van der Waals surface area contributed by atoms with Crippen molar-refractivity contribution in [3.8, 4) is 0 Å². The van der Waals surface area contributed by atoms with Crippen molar-refractivity contribution in [1.29, 1.82) is 0 Å². The molecule has 108 valence electrons. The fourth-order valence-electron chi connectivity index (χ4n) is 3.20. The van der Waals surface area contributed by atoms with E-state index in [0.29, 0.717) is 17.5 Å². The van der Waals surface area contributed by atoms with E-state index in [-0.39, 0.29) is 5.82 Å². The summed E-state index contributed by atoms with van der Waals surface area (Å²) in [5.41, 5.74) is 7.22. The number of para-hydroxylation sites is 1. The Bertz CT molecular complexity index is 599. The Morgan fingerprint density at radius 1 is 1.35 bits per heavy atom. The van der Waals surface area contributed by atoms with E-state index in [1.165, 1.54) is 12.5 Å². The molecule has 2 aromatic rings. The molecule has 1 aliphatic heterocycles. The number of hydrogen-bond acceptors (Lipinski definition) is 3. The number of aromatic nitrogens is 2. The predicted octanol–water partition coefficient (Wildman–Crippen LogP) is 2.80. The molecule has 3 rings (SSSR count). The van der Waals surface area contributed by atoms with Crippen LogP contribution in [0.4, 0.5) is 10.3 Å². The molecule has 1 aliphatic rings. The third kappa shape index (κ3) is 2.26. The van der Waals surface area contributed by atoms with Crippen LogP contribution in [-0.4, -0.2) is 34.1 Å². The van der Waals surface area contributed by atoms with Gasteiger partial charge in [0.05, 0.1) is 5.52 Å². The Kier molecular flexibility index (Phi) is 3.61. The number of fused-ring (bicyclic) bond motifs is 1. The SMILES string of the molecule is CCCN1CCC(n2c(N)nc3c(F)cccc32)CC1. The van der Waals surface area contributed by atoms with Crippen molar-refractivity contribution in [3.63, 3.8) is 0 Å². The highest BCUT2D eigenvalue weighted by Crippen LogP contribution is 2.30. The van der Waals surface area contributed by atoms with Gasteiger partial charge in [-0.25, -0.2) is 9.37 Å². The normalized spacial score (nSPS) is 17.9. The van der Waals surface area contributed by atoms with Gasteiger partial charge in [-0.3, -0.25) is 0 Å². The minimum absolute atomic E-state index is 0.295. The number of halogens is 1. The van der Waals surface area contributed by atoms with Crippen LogP contribution < -0.4 is 5.73 Å². The molecular weight excluding hydrogens is 255 g/mol. The Labute approximate surface area is 118 Å². The van der Waals surface area contributed by atoms with E-state index in [4.69, 9.17) is 5.73 Å². The van der Waals surface area contributed by atoms with Crippen LogP contribution in [0.15, 0.2) is 18.2 Å². The number of anilines is 1. The summed E-state index contributed by atoms with van der Waals surface area (Å²) in [6.07, 6.45) is 3.28. The molecule has 1 saturated heterocycles. The number of piperidine rings is 1. The third-order valence-electron chi connectivity index (χ3n) is 4.16. The lowest BCUT2D eigenvalue weighted by Gasteiger charge is -2.32. The number of nitrogens with two attached hydrogens (primary N) is 1. The first-order chi connectivity index (χ1) is 9.70. The molecule has 0 spiro atoms.